The summed E-state index contributed by atoms with van der Waals surface area (Å²) in [6.07, 6.45) is -0.350. The van der Waals surface area contributed by atoms with Gasteiger partial charge in [0.1, 0.15) is 17.7 Å². The summed E-state index contributed by atoms with van der Waals surface area (Å²) in [5.74, 6) is -0.678. The van der Waals surface area contributed by atoms with Crippen LogP contribution < -0.4 is 5.32 Å². The van der Waals surface area contributed by atoms with E-state index in [9.17, 15) is 14.4 Å². The van der Waals surface area contributed by atoms with Crippen LogP contribution in [0.15, 0.2) is 0 Å². The van der Waals surface area contributed by atoms with Crippen LogP contribution in [0.2, 0.25) is 0 Å². The highest BCUT2D eigenvalue weighted by Crippen LogP contribution is 2.22. The van der Waals surface area contributed by atoms with E-state index < -0.39 is 23.8 Å². The highest BCUT2D eigenvalue weighted by atomic mass is 79.9. The van der Waals surface area contributed by atoms with Crippen molar-refractivity contribution >= 4 is 33.9 Å². The van der Waals surface area contributed by atoms with Crippen molar-refractivity contribution in [1.29, 1.82) is 0 Å². The Morgan fingerprint density at radius 2 is 1.84 bits per heavy atom. The van der Waals surface area contributed by atoms with Crippen molar-refractivity contribution in [3.05, 3.63) is 0 Å². The SMILES string of the molecule is CC(=O)O[C@H]1CN(C(=O)[C@H](NC(=O)OC(C)(C)C)C(C)C)CC[C@H]1Br. The third kappa shape index (κ3) is 7.22. The zero-order chi connectivity index (χ0) is 19.4. The Bertz CT molecular complexity index is 504. The van der Waals surface area contributed by atoms with Gasteiger partial charge >= 0.3 is 12.1 Å². The number of hydrogen-bond acceptors (Lipinski definition) is 5. The molecule has 0 aliphatic carbocycles. The molecule has 144 valence electrons. The Hall–Kier alpha value is -1.31. The van der Waals surface area contributed by atoms with E-state index in [1.165, 1.54) is 6.92 Å². The van der Waals surface area contributed by atoms with Crippen LogP contribution in [0.5, 0.6) is 0 Å². The molecule has 7 nitrogen and oxygen atoms in total. The van der Waals surface area contributed by atoms with Gasteiger partial charge in [0.25, 0.3) is 0 Å². The van der Waals surface area contributed by atoms with Gasteiger partial charge in [0.2, 0.25) is 5.91 Å². The predicted molar refractivity (Wildman–Crippen MR) is 97.5 cm³/mol. The van der Waals surface area contributed by atoms with Gasteiger partial charge in [0, 0.05) is 13.5 Å². The second-order valence-electron chi connectivity index (χ2n) is 7.60. The Labute approximate surface area is 157 Å². The highest BCUT2D eigenvalue weighted by Gasteiger charge is 2.36. The Morgan fingerprint density at radius 1 is 1.24 bits per heavy atom. The average molecular weight is 421 g/mol. The van der Waals surface area contributed by atoms with Crippen molar-refractivity contribution in [2.45, 2.75) is 70.5 Å². The molecule has 0 unspecified atom stereocenters. The number of alkyl carbamates (subject to hydrolysis) is 1. The van der Waals surface area contributed by atoms with E-state index in [4.69, 9.17) is 9.47 Å². The van der Waals surface area contributed by atoms with E-state index in [2.05, 4.69) is 21.2 Å². The first kappa shape index (κ1) is 21.7. The highest BCUT2D eigenvalue weighted by molar-refractivity contribution is 9.09. The first-order valence-electron chi connectivity index (χ1n) is 8.50. The quantitative estimate of drug-likeness (QED) is 0.557. The molecule has 8 heteroatoms. The number of likely N-dealkylation sites (tertiary alicyclic amines) is 1. The number of ether oxygens (including phenoxy) is 2. The largest absolute Gasteiger partial charge is 0.459 e. The fourth-order valence-corrected chi connectivity index (χ4v) is 3.04. The summed E-state index contributed by atoms with van der Waals surface area (Å²) in [4.78, 5) is 37.8. The zero-order valence-electron chi connectivity index (χ0n) is 15.8. The number of halogens is 1. The lowest BCUT2D eigenvalue weighted by Crippen LogP contribution is -2.56. The second kappa shape index (κ2) is 8.87. The van der Waals surface area contributed by atoms with Crippen LogP contribution in [0.1, 0.15) is 48.0 Å². The van der Waals surface area contributed by atoms with Crippen molar-refractivity contribution in [3.63, 3.8) is 0 Å². The number of esters is 1. The maximum Gasteiger partial charge on any atom is 0.408 e. The Morgan fingerprint density at radius 3 is 2.32 bits per heavy atom. The van der Waals surface area contributed by atoms with Gasteiger partial charge in [0.05, 0.1) is 11.4 Å². The summed E-state index contributed by atoms with van der Waals surface area (Å²) in [7, 11) is 0. The summed E-state index contributed by atoms with van der Waals surface area (Å²) in [6.45, 7) is 11.2. The molecule has 1 saturated heterocycles. The van der Waals surface area contributed by atoms with E-state index >= 15 is 0 Å². The lowest BCUT2D eigenvalue weighted by atomic mass is 10.0. The van der Waals surface area contributed by atoms with Gasteiger partial charge < -0.3 is 19.7 Å². The maximum absolute atomic E-state index is 12.9. The minimum atomic E-state index is -0.695. The molecule has 0 aromatic carbocycles. The van der Waals surface area contributed by atoms with Crippen molar-refractivity contribution < 1.29 is 23.9 Å². The number of nitrogens with one attached hydrogen (secondary N) is 1. The van der Waals surface area contributed by atoms with Crippen molar-refractivity contribution in [2.24, 2.45) is 5.92 Å². The van der Waals surface area contributed by atoms with Gasteiger partial charge in [-0.05, 0) is 33.1 Å². The van der Waals surface area contributed by atoms with Crippen molar-refractivity contribution in [1.82, 2.24) is 10.2 Å². The summed E-state index contributed by atoms with van der Waals surface area (Å²) < 4.78 is 10.5. The molecule has 1 rings (SSSR count). The van der Waals surface area contributed by atoms with E-state index in [1.54, 1.807) is 25.7 Å². The number of alkyl halides is 1. The van der Waals surface area contributed by atoms with Crippen LogP contribution in [-0.2, 0) is 19.1 Å². The molecular formula is C17H29BrN2O5. The Kier molecular flexibility index (Phi) is 7.71. The molecule has 2 amide bonds. The molecule has 3 atom stereocenters. The second-order valence-corrected chi connectivity index (χ2v) is 8.78. The van der Waals surface area contributed by atoms with Crippen LogP contribution in [0.25, 0.3) is 0 Å². The third-order valence-electron chi connectivity index (χ3n) is 3.71. The van der Waals surface area contributed by atoms with Crippen LogP contribution in [0.3, 0.4) is 0 Å². The first-order valence-corrected chi connectivity index (χ1v) is 9.42. The molecular weight excluding hydrogens is 392 g/mol. The van der Waals surface area contributed by atoms with Crippen LogP contribution in [-0.4, -0.2) is 58.5 Å². The molecule has 1 fully saturated rings. The molecule has 25 heavy (non-hydrogen) atoms. The lowest BCUT2D eigenvalue weighted by molar-refractivity contribution is -0.152. The number of amides is 2. The third-order valence-corrected chi connectivity index (χ3v) is 4.76. The molecule has 0 aromatic heterocycles. The van der Waals surface area contributed by atoms with Gasteiger partial charge in [-0.2, -0.15) is 0 Å². The summed E-state index contributed by atoms with van der Waals surface area (Å²) >= 11 is 3.49. The number of piperidine rings is 1. The van der Waals surface area contributed by atoms with E-state index in [1.807, 2.05) is 13.8 Å². The fourth-order valence-electron chi connectivity index (χ4n) is 2.56. The average Bonchev–Trinajstić information content (AvgIpc) is 2.43. The van der Waals surface area contributed by atoms with E-state index in [-0.39, 0.29) is 22.6 Å². The number of hydrogen-bond donors (Lipinski definition) is 1. The molecule has 1 aliphatic heterocycles. The fraction of sp³-hybridized carbons (Fsp3) is 0.824. The molecule has 0 aromatic rings. The molecule has 1 heterocycles. The normalized spacial score (nSPS) is 22.3. The number of rotatable bonds is 4. The molecule has 0 bridgehead atoms. The standard InChI is InChI=1S/C17H29BrN2O5/c1-10(2)14(19-16(23)25-17(4,5)6)15(22)20-8-7-12(18)13(9-20)24-11(3)21/h10,12-14H,7-9H2,1-6H3,(H,19,23)/t12-,13+,14-/m1/s1. The molecule has 0 saturated carbocycles. The van der Waals surface area contributed by atoms with Crippen LogP contribution >= 0.6 is 15.9 Å². The number of carbonyl (C=O) groups excluding carboxylic acids is 3. The van der Waals surface area contributed by atoms with E-state index in [0.717, 1.165) is 0 Å². The van der Waals surface area contributed by atoms with E-state index in [0.29, 0.717) is 19.5 Å². The predicted octanol–water partition coefficient (Wildman–Crippen LogP) is 2.46. The summed E-state index contributed by atoms with van der Waals surface area (Å²) in [5, 5.41) is 2.67. The molecule has 0 radical (unpaired) electrons. The zero-order valence-corrected chi connectivity index (χ0v) is 17.4. The lowest BCUT2D eigenvalue weighted by Gasteiger charge is -2.38. The van der Waals surface area contributed by atoms with Crippen molar-refractivity contribution in [2.75, 3.05) is 13.1 Å². The monoisotopic (exact) mass is 420 g/mol. The maximum atomic E-state index is 12.9. The van der Waals surface area contributed by atoms with Crippen molar-refractivity contribution in [3.8, 4) is 0 Å². The minimum absolute atomic E-state index is 0.0109. The van der Waals surface area contributed by atoms with Crippen LogP contribution in [0, 0.1) is 5.92 Å². The molecule has 0 spiro atoms. The number of carbonyl (C=O) groups is 3. The van der Waals surface area contributed by atoms with Gasteiger partial charge in [-0.25, -0.2) is 4.79 Å². The van der Waals surface area contributed by atoms with Gasteiger partial charge in [-0.15, -0.1) is 0 Å². The van der Waals surface area contributed by atoms with Gasteiger partial charge in [-0.1, -0.05) is 29.8 Å². The van der Waals surface area contributed by atoms with Gasteiger partial charge in [0.15, 0.2) is 0 Å². The minimum Gasteiger partial charge on any atom is -0.459 e. The molecule has 1 N–H and O–H groups in total. The summed E-state index contributed by atoms with van der Waals surface area (Å²) in [6, 6.07) is -0.695. The topological polar surface area (TPSA) is 84.9 Å². The van der Waals surface area contributed by atoms with Gasteiger partial charge in [-0.3, -0.25) is 9.59 Å². The molecule has 1 aliphatic rings. The Balaban J connectivity index is 2.78. The number of nitrogens with zero attached hydrogens (tertiary/aromatic N) is 1. The summed E-state index contributed by atoms with van der Waals surface area (Å²) in [5.41, 5.74) is -0.636. The van der Waals surface area contributed by atoms with Crippen LogP contribution in [0.4, 0.5) is 4.79 Å². The first-order chi connectivity index (χ1) is 11.4. The smallest absolute Gasteiger partial charge is 0.408 e.